The molecule has 134 valence electrons. The van der Waals surface area contributed by atoms with Gasteiger partial charge in [-0.1, -0.05) is 30.3 Å². The van der Waals surface area contributed by atoms with Gasteiger partial charge in [0.15, 0.2) is 0 Å². The van der Waals surface area contributed by atoms with Gasteiger partial charge in [-0.3, -0.25) is 4.31 Å². The Hall–Kier alpha value is -2.25. The smallest absolute Gasteiger partial charge is 0.264 e. The summed E-state index contributed by atoms with van der Waals surface area (Å²) >= 11 is 1.69. The predicted octanol–water partition coefficient (Wildman–Crippen LogP) is 3.79. The molecule has 4 rings (SSSR count). The van der Waals surface area contributed by atoms with E-state index < -0.39 is 10.0 Å². The number of hydrogen-bond donors (Lipinski definition) is 0. The second-order valence-corrected chi connectivity index (χ2v) is 9.08. The van der Waals surface area contributed by atoms with Crippen LogP contribution in [0.4, 0.5) is 5.69 Å². The molecule has 0 amide bonds. The number of hydrogen-bond acceptors (Lipinski definition) is 4. The van der Waals surface area contributed by atoms with Crippen LogP contribution in [0.1, 0.15) is 11.4 Å². The molecule has 3 aromatic rings. The van der Waals surface area contributed by atoms with Gasteiger partial charge in [0.05, 0.1) is 22.8 Å². The third kappa shape index (κ3) is 2.71. The van der Waals surface area contributed by atoms with Crippen LogP contribution in [0.15, 0.2) is 64.4 Å². The van der Waals surface area contributed by atoms with E-state index >= 15 is 0 Å². The van der Waals surface area contributed by atoms with Crippen LogP contribution in [0.25, 0.3) is 5.69 Å². The summed E-state index contributed by atoms with van der Waals surface area (Å²) in [5.74, 6) is 0.737. The van der Waals surface area contributed by atoms with E-state index in [1.807, 2.05) is 61.5 Å². The second kappa shape index (κ2) is 6.48. The van der Waals surface area contributed by atoms with Crippen molar-refractivity contribution in [3.63, 3.8) is 0 Å². The van der Waals surface area contributed by atoms with Crippen molar-refractivity contribution in [3.8, 4) is 5.69 Å². The average molecular weight is 386 g/mol. The fourth-order valence-corrected chi connectivity index (χ4v) is 6.34. The van der Waals surface area contributed by atoms with Gasteiger partial charge >= 0.3 is 0 Å². The third-order valence-corrected chi connectivity index (χ3v) is 7.57. The Kier molecular flexibility index (Phi) is 4.28. The minimum Gasteiger partial charge on any atom is -0.264 e. The molecule has 1 aliphatic heterocycles. The molecule has 1 aromatic heterocycles. The Morgan fingerprint density at radius 1 is 1.00 bits per heavy atom. The van der Waals surface area contributed by atoms with Crippen molar-refractivity contribution in [1.29, 1.82) is 0 Å². The first kappa shape index (κ1) is 17.2. The van der Waals surface area contributed by atoms with Gasteiger partial charge < -0.3 is 0 Å². The van der Waals surface area contributed by atoms with Crippen molar-refractivity contribution >= 4 is 27.5 Å². The maximum Gasteiger partial charge on any atom is 0.268 e. The molecular formula is C19H19N3O2S2. The van der Waals surface area contributed by atoms with E-state index in [2.05, 4.69) is 5.10 Å². The number of anilines is 1. The van der Waals surface area contributed by atoms with Crippen LogP contribution >= 0.6 is 11.8 Å². The standard InChI is InChI=1S/C19H19N3O2S2/c1-14-19(15(2)22(20-14)16-8-4-3-5-9-16)26(23,24)21-12-13-25-18-11-7-6-10-17(18)21/h3-11H,12-13H2,1-2H3. The van der Waals surface area contributed by atoms with Crippen LogP contribution in [-0.2, 0) is 10.0 Å². The van der Waals surface area contributed by atoms with Gasteiger partial charge in [0.2, 0.25) is 0 Å². The summed E-state index contributed by atoms with van der Waals surface area (Å²) in [6, 6.07) is 17.2. The number of benzene rings is 2. The van der Waals surface area contributed by atoms with E-state index in [1.54, 1.807) is 23.4 Å². The summed E-state index contributed by atoms with van der Waals surface area (Å²) in [6.45, 7) is 4.02. The van der Waals surface area contributed by atoms with E-state index in [0.717, 1.165) is 22.0 Å². The van der Waals surface area contributed by atoms with E-state index in [0.29, 0.717) is 22.8 Å². The number of nitrogens with zero attached hydrogens (tertiary/aromatic N) is 3. The highest BCUT2D eigenvalue weighted by Gasteiger charge is 2.34. The molecule has 2 heterocycles. The quantitative estimate of drug-likeness (QED) is 0.688. The summed E-state index contributed by atoms with van der Waals surface area (Å²) in [7, 11) is -3.69. The lowest BCUT2D eigenvalue weighted by molar-refractivity contribution is 0.590. The molecule has 0 unspecified atom stereocenters. The van der Waals surface area contributed by atoms with Crippen LogP contribution in [0, 0.1) is 13.8 Å². The van der Waals surface area contributed by atoms with Crippen LogP contribution < -0.4 is 4.31 Å². The fourth-order valence-electron chi connectivity index (χ4n) is 3.33. The molecule has 0 spiro atoms. The normalized spacial score (nSPS) is 14.3. The van der Waals surface area contributed by atoms with Crippen molar-refractivity contribution in [2.75, 3.05) is 16.6 Å². The Labute approximate surface area is 157 Å². The minimum absolute atomic E-state index is 0.294. The van der Waals surface area contributed by atoms with Gasteiger partial charge in [-0.15, -0.1) is 11.8 Å². The van der Waals surface area contributed by atoms with Gasteiger partial charge in [-0.25, -0.2) is 13.1 Å². The molecule has 26 heavy (non-hydrogen) atoms. The van der Waals surface area contributed by atoms with Crippen molar-refractivity contribution in [2.24, 2.45) is 0 Å². The monoisotopic (exact) mass is 385 g/mol. The molecule has 0 atom stereocenters. The van der Waals surface area contributed by atoms with E-state index in [-0.39, 0.29) is 0 Å². The number of fused-ring (bicyclic) bond motifs is 1. The van der Waals surface area contributed by atoms with E-state index in [1.165, 1.54) is 4.31 Å². The van der Waals surface area contributed by atoms with Gasteiger partial charge in [0.25, 0.3) is 10.0 Å². The Morgan fingerprint density at radius 3 is 2.46 bits per heavy atom. The number of para-hydroxylation sites is 2. The molecule has 2 aromatic carbocycles. The van der Waals surface area contributed by atoms with Crippen LogP contribution in [0.3, 0.4) is 0 Å². The second-order valence-electron chi connectivity index (χ2n) is 6.14. The first-order valence-corrected chi connectivity index (χ1v) is 10.8. The molecule has 0 N–H and O–H groups in total. The Morgan fingerprint density at radius 2 is 1.69 bits per heavy atom. The average Bonchev–Trinajstić information content (AvgIpc) is 2.97. The number of thioether (sulfide) groups is 1. The Bertz CT molecular complexity index is 1060. The van der Waals surface area contributed by atoms with Gasteiger partial charge in [0, 0.05) is 17.2 Å². The van der Waals surface area contributed by atoms with Gasteiger partial charge in [-0.05, 0) is 38.1 Å². The van der Waals surface area contributed by atoms with Crippen molar-refractivity contribution in [3.05, 3.63) is 66.0 Å². The topological polar surface area (TPSA) is 55.2 Å². The van der Waals surface area contributed by atoms with Crippen molar-refractivity contribution in [2.45, 2.75) is 23.6 Å². The number of sulfonamides is 1. The maximum absolute atomic E-state index is 13.5. The highest BCUT2D eigenvalue weighted by molar-refractivity contribution is 8.00. The molecule has 0 saturated carbocycles. The van der Waals surface area contributed by atoms with Gasteiger partial charge in [0.1, 0.15) is 4.90 Å². The minimum atomic E-state index is -3.69. The highest BCUT2D eigenvalue weighted by atomic mass is 32.2. The lowest BCUT2D eigenvalue weighted by Gasteiger charge is -2.30. The summed E-state index contributed by atoms with van der Waals surface area (Å²) in [4.78, 5) is 1.29. The summed E-state index contributed by atoms with van der Waals surface area (Å²) < 4.78 is 30.2. The maximum atomic E-state index is 13.5. The van der Waals surface area contributed by atoms with Crippen molar-refractivity contribution in [1.82, 2.24) is 9.78 Å². The molecule has 0 saturated heterocycles. The highest BCUT2D eigenvalue weighted by Crippen LogP contribution is 2.38. The fraction of sp³-hybridized carbons (Fsp3) is 0.211. The molecule has 0 fully saturated rings. The zero-order valence-corrected chi connectivity index (χ0v) is 16.2. The molecule has 5 nitrogen and oxygen atoms in total. The van der Waals surface area contributed by atoms with Crippen LogP contribution in [-0.4, -0.2) is 30.5 Å². The lowest BCUT2D eigenvalue weighted by atomic mass is 10.3. The third-order valence-electron chi connectivity index (χ3n) is 4.46. The molecule has 1 aliphatic rings. The van der Waals surface area contributed by atoms with E-state index in [9.17, 15) is 8.42 Å². The van der Waals surface area contributed by atoms with E-state index in [4.69, 9.17) is 0 Å². The molecule has 7 heteroatoms. The number of aromatic nitrogens is 2. The summed E-state index contributed by atoms with van der Waals surface area (Å²) in [5, 5.41) is 4.50. The molecule has 0 aliphatic carbocycles. The molecule has 0 radical (unpaired) electrons. The van der Waals surface area contributed by atoms with Gasteiger partial charge in [-0.2, -0.15) is 5.10 Å². The number of aryl methyl sites for hydroxylation is 1. The Balaban J connectivity index is 1.85. The zero-order chi connectivity index (χ0) is 18.3. The van der Waals surface area contributed by atoms with Crippen LogP contribution in [0.5, 0.6) is 0 Å². The lowest BCUT2D eigenvalue weighted by Crippen LogP contribution is -2.36. The SMILES string of the molecule is Cc1nn(-c2ccccc2)c(C)c1S(=O)(=O)N1CCSc2ccccc21. The number of rotatable bonds is 3. The molecule has 0 bridgehead atoms. The first-order valence-electron chi connectivity index (χ1n) is 8.36. The largest absolute Gasteiger partial charge is 0.268 e. The predicted molar refractivity (Wildman–Crippen MR) is 105 cm³/mol. The summed E-state index contributed by atoms with van der Waals surface area (Å²) in [6.07, 6.45) is 0. The first-order chi connectivity index (χ1) is 12.5. The van der Waals surface area contributed by atoms with Crippen LogP contribution in [0.2, 0.25) is 0 Å². The van der Waals surface area contributed by atoms with Crippen molar-refractivity contribution < 1.29 is 8.42 Å². The molecular weight excluding hydrogens is 366 g/mol. The zero-order valence-electron chi connectivity index (χ0n) is 14.6. The summed E-state index contributed by atoms with van der Waals surface area (Å²) in [5.41, 5.74) is 2.74.